The van der Waals surface area contributed by atoms with Crippen molar-refractivity contribution < 1.29 is 4.79 Å². The molecule has 0 spiro atoms. The number of aromatic nitrogens is 1. The Kier molecular flexibility index (Phi) is 4.91. The lowest BCUT2D eigenvalue weighted by molar-refractivity contribution is -0.124. The van der Waals surface area contributed by atoms with Crippen molar-refractivity contribution in [1.29, 1.82) is 0 Å². The third kappa shape index (κ3) is 3.31. The van der Waals surface area contributed by atoms with Crippen LogP contribution in [0.3, 0.4) is 0 Å². The van der Waals surface area contributed by atoms with E-state index in [4.69, 9.17) is 11.6 Å². The maximum absolute atomic E-state index is 12.0. The highest BCUT2D eigenvalue weighted by molar-refractivity contribution is 6.31. The smallest absolute Gasteiger partial charge is 0.222 e. The number of amides is 1. The third-order valence-corrected chi connectivity index (χ3v) is 4.63. The van der Waals surface area contributed by atoms with E-state index in [1.54, 1.807) is 0 Å². The Hall–Kier alpha value is -2.26. The number of benzene rings is 2. The standard InChI is InChI=1S/C20H21ClN2O/c1-13(2)20(24)23-12-16(14-7-3-5-9-18(14)21)17-11-22-19-10-6-4-8-15(17)19/h3-11,13,16,22H,12H2,1-2H3,(H,23,24)/t16-/m0/s1. The summed E-state index contributed by atoms with van der Waals surface area (Å²) < 4.78 is 0. The zero-order chi connectivity index (χ0) is 17.1. The fourth-order valence-corrected chi connectivity index (χ4v) is 3.20. The normalized spacial score (nSPS) is 12.5. The first kappa shape index (κ1) is 16.6. The predicted octanol–water partition coefficient (Wildman–Crippen LogP) is 4.73. The number of carbonyl (C=O) groups excluding carboxylic acids is 1. The van der Waals surface area contributed by atoms with Gasteiger partial charge in [-0.2, -0.15) is 0 Å². The summed E-state index contributed by atoms with van der Waals surface area (Å²) in [5.41, 5.74) is 3.25. The van der Waals surface area contributed by atoms with Crippen LogP contribution in [0.25, 0.3) is 10.9 Å². The molecule has 4 heteroatoms. The van der Waals surface area contributed by atoms with Gasteiger partial charge < -0.3 is 10.3 Å². The summed E-state index contributed by atoms with van der Waals surface area (Å²) in [6.45, 7) is 4.31. The van der Waals surface area contributed by atoms with Crippen LogP contribution in [0.15, 0.2) is 54.7 Å². The van der Waals surface area contributed by atoms with Gasteiger partial charge in [0, 0.05) is 40.5 Å². The highest BCUT2D eigenvalue weighted by Gasteiger charge is 2.21. The summed E-state index contributed by atoms with van der Waals surface area (Å²) in [7, 11) is 0. The topological polar surface area (TPSA) is 44.9 Å². The lowest BCUT2D eigenvalue weighted by Crippen LogP contribution is -2.32. The Morgan fingerprint density at radius 1 is 1.08 bits per heavy atom. The summed E-state index contributed by atoms with van der Waals surface area (Å²) in [6, 6.07) is 16.0. The van der Waals surface area contributed by atoms with Crippen molar-refractivity contribution in [2.24, 2.45) is 5.92 Å². The maximum atomic E-state index is 12.0. The molecule has 0 fully saturated rings. The van der Waals surface area contributed by atoms with Crippen LogP contribution in [-0.2, 0) is 4.79 Å². The predicted molar refractivity (Wildman–Crippen MR) is 99.4 cm³/mol. The van der Waals surface area contributed by atoms with Crippen LogP contribution in [-0.4, -0.2) is 17.4 Å². The number of aromatic amines is 1. The third-order valence-electron chi connectivity index (χ3n) is 4.28. The molecule has 2 aromatic carbocycles. The van der Waals surface area contributed by atoms with Gasteiger partial charge in [-0.25, -0.2) is 0 Å². The van der Waals surface area contributed by atoms with Crippen molar-refractivity contribution in [3.8, 4) is 0 Å². The zero-order valence-electron chi connectivity index (χ0n) is 13.8. The van der Waals surface area contributed by atoms with Gasteiger partial charge in [-0.15, -0.1) is 0 Å². The molecule has 1 aromatic heterocycles. The summed E-state index contributed by atoms with van der Waals surface area (Å²) >= 11 is 6.44. The van der Waals surface area contributed by atoms with E-state index in [9.17, 15) is 4.79 Å². The Morgan fingerprint density at radius 3 is 2.54 bits per heavy atom. The molecule has 1 heterocycles. The van der Waals surface area contributed by atoms with Gasteiger partial charge in [0.15, 0.2) is 0 Å². The zero-order valence-corrected chi connectivity index (χ0v) is 14.6. The van der Waals surface area contributed by atoms with E-state index in [2.05, 4.69) is 22.4 Å². The van der Waals surface area contributed by atoms with Crippen molar-refractivity contribution in [1.82, 2.24) is 10.3 Å². The highest BCUT2D eigenvalue weighted by Crippen LogP contribution is 2.34. The van der Waals surface area contributed by atoms with Crippen molar-refractivity contribution >= 4 is 28.4 Å². The quantitative estimate of drug-likeness (QED) is 0.693. The first-order valence-corrected chi connectivity index (χ1v) is 8.54. The van der Waals surface area contributed by atoms with E-state index >= 15 is 0 Å². The highest BCUT2D eigenvalue weighted by atomic mass is 35.5. The first-order chi connectivity index (χ1) is 11.6. The maximum Gasteiger partial charge on any atom is 0.222 e. The van der Waals surface area contributed by atoms with E-state index in [0.717, 1.165) is 22.0 Å². The van der Waals surface area contributed by atoms with E-state index < -0.39 is 0 Å². The van der Waals surface area contributed by atoms with Gasteiger partial charge in [0.05, 0.1) is 0 Å². The molecule has 2 N–H and O–H groups in total. The molecule has 0 radical (unpaired) electrons. The Labute approximate surface area is 147 Å². The lowest BCUT2D eigenvalue weighted by atomic mass is 9.90. The SMILES string of the molecule is CC(C)C(=O)NC[C@@H](c1ccccc1Cl)c1c[nH]c2ccccc12. The fourth-order valence-electron chi connectivity index (χ4n) is 2.93. The van der Waals surface area contributed by atoms with E-state index in [-0.39, 0.29) is 17.7 Å². The molecule has 24 heavy (non-hydrogen) atoms. The lowest BCUT2D eigenvalue weighted by Gasteiger charge is -2.20. The van der Waals surface area contributed by atoms with Crippen LogP contribution in [0.4, 0.5) is 0 Å². The van der Waals surface area contributed by atoms with Gasteiger partial charge in [-0.3, -0.25) is 4.79 Å². The Balaban J connectivity index is 2.02. The van der Waals surface area contributed by atoms with Crippen LogP contribution in [0.1, 0.15) is 30.9 Å². The summed E-state index contributed by atoms with van der Waals surface area (Å²) in [6.07, 6.45) is 2.01. The van der Waals surface area contributed by atoms with Crippen LogP contribution in [0.5, 0.6) is 0 Å². The number of halogens is 1. The second kappa shape index (κ2) is 7.10. The number of H-pyrrole nitrogens is 1. The number of hydrogen-bond acceptors (Lipinski definition) is 1. The van der Waals surface area contributed by atoms with Gasteiger partial charge in [-0.05, 0) is 23.3 Å². The molecule has 0 saturated carbocycles. The van der Waals surface area contributed by atoms with E-state index in [1.807, 2.05) is 56.4 Å². The van der Waals surface area contributed by atoms with Crippen LogP contribution in [0.2, 0.25) is 5.02 Å². The van der Waals surface area contributed by atoms with Crippen LogP contribution < -0.4 is 5.32 Å². The molecule has 0 aliphatic heterocycles. The molecule has 3 nitrogen and oxygen atoms in total. The summed E-state index contributed by atoms with van der Waals surface area (Å²) in [5, 5.41) is 4.92. The van der Waals surface area contributed by atoms with Crippen LogP contribution >= 0.6 is 11.6 Å². The largest absolute Gasteiger partial charge is 0.361 e. The van der Waals surface area contributed by atoms with E-state index in [1.165, 1.54) is 0 Å². The fraction of sp³-hybridized carbons (Fsp3) is 0.250. The molecule has 3 aromatic rings. The Morgan fingerprint density at radius 2 is 1.79 bits per heavy atom. The number of rotatable bonds is 5. The number of carbonyl (C=O) groups is 1. The van der Waals surface area contributed by atoms with Gasteiger partial charge in [-0.1, -0.05) is 61.8 Å². The summed E-state index contributed by atoms with van der Waals surface area (Å²) in [4.78, 5) is 15.4. The number of nitrogens with one attached hydrogen (secondary N) is 2. The number of fused-ring (bicyclic) bond motifs is 1. The molecule has 1 atom stereocenters. The molecule has 0 bridgehead atoms. The first-order valence-electron chi connectivity index (χ1n) is 8.16. The minimum atomic E-state index is -0.0418. The summed E-state index contributed by atoms with van der Waals surface area (Å²) in [5.74, 6) is 0.00399. The molecule has 0 aliphatic rings. The number of hydrogen-bond donors (Lipinski definition) is 2. The van der Waals surface area contributed by atoms with Crippen molar-refractivity contribution in [3.63, 3.8) is 0 Å². The molecule has 1 amide bonds. The minimum absolute atomic E-state index is 0.00227. The minimum Gasteiger partial charge on any atom is -0.361 e. The second-order valence-electron chi connectivity index (χ2n) is 6.26. The Bertz CT molecular complexity index is 853. The molecule has 0 saturated heterocycles. The number of para-hydroxylation sites is 1. The average molecular weight is 341 g/mol. The molecule has 124 valence electrons. The second-order valence-corrected chi connectivity index (χ2v) is 6.67. The van der Waals surface area contributed by atoms with Gasteiger partial charge in [0.25, 0.3) is 0 Å². The molecular formula is C20H21ClN2O. The van der Waals surface area contributed by atoms with E-state index in [0.29, 0.717) is 11.6 Å². The van der Waals surface area contributed by atoms with Crippen molar-refractivity contribution in [2.45, 2.75) is 19.8 Å². The van der Waals surface area contributed by atoms with Gasteiger partial charge >= 0.3 is 0 Å². The monoisotopic (exact) mass is 340 g/mol. The molecule has 3 rings (SSSR count). The average Bonchev–Trinajstić information content (AvgIpc) is 3.00. The molecule has 0 unspecified atom stereocenters. The molecular weight excluding hydrogens is 320 g/mol. The van der Waals surface area contributed by atoms with Gasteiger partial charge in [0.2, 0.25) is 5.91 Å². The molecule has 0 aliphatic carbocycles. The van der Waals surface area contributed by atoms with Crippen molar-refractivity contribution in [3.05, 3.63) is 70.9 Å². The van der Waals surface area contributed by atoms with Crippen molar-refractivity contribution in [2.75, 3.05) is 6.54 Å². The van der Waals surface area contributed by atoms with Crippen LogP contribution in [0, 0.1) is 5.92 Å². The van der Waals surface area contributed by atoms with Gasteiger partial charge in [0.1, 0.15) is 0 Å².